The maximum absolute atomic E-state index is 12.5. The van der Waals surface area contributed by atoms with Gasteiger partial charge in [-0.2, -0.15) is 18.4 Å². The first-order valence-corrected chi connectivity index (χ1v) is 6.55. The van der Waals surface area contributed by atoms with Gasteiger partial charge in [0.1, 0.15) is 0 Å². The van der Waals surface area contributed by atoms with Crippen molar-refractivity contribution in [2.45, 2.75) is 20.0 Å². The van der Waals surface area contributed by atoms with E-state index in [1.54, 1.807) is 0 Å². The molecule has 0 aliphatic heterocycles. The van der Waals surface area contributed by atoms with Gasteiger partial charge in [0.2, 0.25) is 0 Å². The fourth-order valence-corrected chi connectivity index (χ4v) is 2.76. The molecule has 0 aliphatic rings. The van der Waals surface area contributed by atoms with Crippen LogP contribution < -0.4 is 0 Å². The molecule has 0 saturated heterocycles. The van der Waals surface area contributed by atoms with Crippen LogP contribution in [0.5, 0.6) is 0 Å². The Balaban J connectivity index is 5.03. The molecule has 0 aliphatic carbocycles. The molecule has 8 heteroatoms. The van der Waals surface area contributed by atoms with E-state index in [1.165, 1.54) is 19.9 Å². The van der Waals surface area contributed by atoms with E-state index in [9.17, 15) is 17.7 Å². The van der Waals surface area contributed by atoms with Crippen molar-refractivity contribution >= 4 is 7.60 Å². The maximum Gasteiger partial charge on any atom is 0.414 e. The molecule has 98 valence electrons. The van der Waals surface area contributed by atoms with E-state index in [-0.39, 0.29) is 13.2 Å². The van der Waals surface area contributed by atoms with Gasteiger partial charge in [0, 0.05) is 6.08 Å². The summed E-state index contributed by atoms with van der Waals surface area (Å²) in [6, 6.07) is 1.27. The van der Waals surface area contributed by atoms with Crippen LogP contribution in [0.25, 0.3) is 0 Å². The van der Waals surface area contributed by atoms with Crippen LogP contribution in [0.4, 0.5) is 13.2 Å². The number of allylic oxidation sites excluding steroid dienone is 2. The summed E-state index contributed by atoms with van der Waals surface area (Å²) in [6.45, 7) is 2.92. The highest BCUT2D eigenvalue weighted by atomic mass is 31.2. The van der Waals surface area contributed by atoms with Crippen molar-refractivity contribution < 1.29 is 26.8 Å². The maximum atomic E-state index is 12.5. The zero-order valence-corrected chi connectivity index (χ0v) is 10.3. The molecule has 0 radical (unpaired) electrons. The minimum absolute atomic E-state index is 0.0328. The molecular formula is C9H13F3NO3P. The first-order valence-electron chi connectivity index (χ1n) is 4.83. The van der Waals surface area contributed by atoms with E-state index in [2.05, 4.69) is 0 Å². The van der Waals surface area contributed by atoms with Gasteiger partial charge in [0.05, 0.1) is 31.0 Å². The molecule has 0 unspecified atom stereocenters. The lowest BCUT2D eigenvalue weighted by atomic mass is 10.3. The standard InChI is InChI=1S/C9H13F3NO3P/c1-3-15-17(14,16-4-2)7-8(5-6-13)9(10,11)12/h5H,3-4,7H2,1-2H3/b8-5+. The molecular weight excluding hydrogens is 258 g/mol. The first kappa shape index (κ1) is 16.2. The van der Waals surface area contributed by atoms with Gasteiger partial charge in [-0.05, 0) is 13.8 Å². The average Bonchev–Trinajstić information content (AvgIpc) is 2.16. The average molecular weight is 271 g/mol. The van der Waals surface area contributed by atoms with Crippen molar-refractivity contribution in [2.75, 3.05) is 19.4 Å². The molecule has 0 atom stereocenters. The summed E-state index contributed by atoms with van der Waals surface area (Å²) in [4.78, 5) is 0. The lowest BCUT2D eigenvalue weighted by molar-refractivity contribution is -0.0913. The molecule has 0 heterocycles. The van der Waals surface area contributed by atoms with Gasteiger partial charge in [-0.25, -0.2) is 0 Å². The Hall–Kier alpha value is -0.830. The predicted octanol–water partition coefficient (Wildman–Crippen LogP) is 3.26. The Kier molecular flexibility index (Phi) is 6.46. The van der Waals surface area contributed by atoms with Crippen molar-refractivity contribution in [2.24, 2.45) is 0 Å². The van der Waals surface area contributed by atoms with Crippen LogP contribution in [0.1, 0.15) is 13.8 Å². The Morgan fingerprint density at radius 1 is 1.35 bits per heavy atom. The van der Waals surface area contributed by atoms with Gasteiger partial charge in [0.25, 0.3) is 0 Å². The minimum Gasteiger partial charge on any atom is -0.309 e. The number of halogens is 3. The van der Waals surface area contributed by atoms with E-state index in [0.717, 1.165) is 0 Å². The largest absolute Gasteiger partial charge is 0.414 e. The highest BCUT2D eigenvalue weighted by Gasteiger charge is 2.39. The van der Waals surface area contributed by atoms with Crippen molar-refractivity contribution in [1.29, 1.82) is 5.26 Å². The van der Waals surface area contributed by atoms with Crippen molar-refractivity contribution in [3.05, 3.63) is 11.6 Å². The molecule has 0 bridgehead atoms. The summed E-state index contributed by atoms with van der Waals surface area (Å²) in [5.41, 5.74) is -1.22. The summed E-state index contributed by atoms with van der Waals surface area (Å²) >= 11 is 0. The second-order valence-corrected chi connectivity index (χ2v) is 4.96. The summed E-state index contributed by atoms with van der Waals surface area (Å²) in [5.74, 6) is 0. The van der Waals surface area contributed by atoms with Gasteiger partial charge in [-0.15, -0.1) is 0 Å². The molecule has 0 aromatic heterocycles. The zero-order valence-electron chi connectivity index (χ0n) is 9.45. The molecule has 0 saturated carbocycles. The summed E-state index contributed by atoms with van der Waals surface area (Å²) < 4.78 is 58.7. The fraction of sp³-hybridized carbons (Fsp3) is 0.667. The van der Waals surface area contributed by atoms with E-state index < -0.39 is 25.5 Å². The van der Waals surface area contributed by atoms with Crippen LogP contribution in [0.3, 0.4) is 0 Å². The number of hydrogen-bond donors (Lipinski definition) is 0. The molecule has 0 rings (SSSR count). The molecule has 17 heavy (non-hydrogen) atoms. The van der Waals surface area contributed by atoms with Gasteiger partial charge in [-0.3, -0.25) is 4.57 Å². The van der Waals surface area contributed by atoms with Crippen LogP contribution in [-0.4, -0.2) is 25.6 Å². The third kappa shape index (κ3) is 5.87. The highest BCUT2D eigenvalue weighted by molar-refractivity contribution is 7.54. The second-order valence-electron chi connectivity index (χ2n) is 2.90. The molecule has 0 amide bonds. The van der Waals surface area contributed by atoms with E-state index in [4.69, 9.17) is 14.3 Å². The van der Waals surface area contributed by atoms with E-state index in [1.807, 2.05) is 0 Å². The molecule has 0 aromatic carbocycles. The number of hydrogen-bond acceptors (Lipinski definition) is 4. The van der Waals surface area contributed by atoms with Crippen molar-refractivity contribution in [1.82, 2.24) is 0 Å². The fourth-order valence-electron chi connectivity index (χ4n) is 1.03. The van der Waals surface area contributed by atoms with Crippen LogP contribution >= 0.6 is 7.60 Å². The van der Waals surface area contributed by atoms with Crippen molar-refractivity contribution in [3.63, 3.8) is 0 Å². The van der Waals surface area contributed by atoms with E-state index >= 15 is 0 Å². The third-order valence-electron chi connectivity index (χ3n) is 1.62. The highest BCUT2D eigenvalue weighted by Crippen LogP contribution is 2.51. The summed E-state index contributed by atoms with van der Waals surface area (Å²) in [6.07, 6.45) is -5.37. The molecule has 4 nitrogen and oxygen atoms in total. The third-order valence-corrected chi connectivity index (χ3v) is 3.65. The van der Waals surface area contributed by atoms with Gasteiger partial charge in [-0.1, -0.05) is 0 Å². The Bertz CT molecular complexity index is 349. The minimum atomic E-state index is -4.72. The topological polar surface area (TPSA) is 59.3 Å². The molecule has 0 fully saturated rings. The monoisotopic (exact) mass is 271 g/mol. The SMILES string of the molecule is CCOP(=O)(C/C(=C\C#N)C(F)(F)F)OCC. The first-order chi connectivity index (χ1) is 7.79. The van der Waals surface area contributed by atoms with Crippen LogP contribution in [0.15, 0.2) is 11.6 Å². The normalized spacial score (nSPS) is 13.5. The predicted molar refractivity (Wildman–Crippen MR) is 55.5 cm³/mol. The smallest absolute Gasteiger partial charge is 0.309 e. The molecule has 0 aromatic rings. The Morgan fingerprint density at radius 2 is 1.82 bits per heavy atom. The molecule has 0 spiro atoms. The number of alkyl halides is 3. The van der Waals surface area contributed by atoms with Gasteiger partial charge < -0.3 is 9.05 Å². The summed E-state index contributed by atoms with van der Waals surface area (Å²) in [7, 11) is -3.84. The summed E-state index contributed by atoms with van der Waals surface area (Å²) in [5, 5.41) is 8.26. The zero-order chi connectivity index (χ0) is 13.5. The second kappa shape index (κ2) is 6.80. The lowest BCUT2D eigenvalue weighted by Crippen LogP contribution is -2.17. The van der Waals surface area contributed by atoms with Crippen LogP contribution in [0.2, 0.25) is 0 Å². The Morgan fingerprint density at radius 3 is 2.12 bits per heavy atom. The van der Waals surface area contributed by atoms with Gasteiger partial charge in [0.15, 0.2) is 0 Å². The van der Waals surface area contributed by atoms with Crippen LogP contribution in [0, 0.1) is 11.3 Å². The Labute approximate surface area is 97.5 Å². The van der Waals surface area contributed by atoms with E-state index in [0.29, 0.717) is 6.08 Å². The molecule has 0 N–H and O–H groups in total. The number of nitriles is 1. The van der Waals surface area contributed by atoms with Crippen molar-refractivity contribution in [3.8, 4) is 6.07 Å². The number of rotatable bonds is 6. The quantitative estimate of drug-likeness (QED) is 0.549. The lowest BCUT2D eigenvalue weighted by Gasteiger charge is -2.19. The van der Waals surface area contributed by atoms with Crippen LogP contribution in [-0.2, 0) is 13.6 Å². The van der Waals surface area contributed by atoms with Gasteiger partial charge >= 0.3 is 13.8 Å². The number of nitrogens with zero attached hydrogens (tertiary/aromatic N) is 1.